The van der Waals surface area contributed by atoms with E-state index in [1.165, 1.54) is 11.3 Å². The number of nitrogens with zero attached hydrogens (tertiary/aromatic N) is 3. The molecule has 1 N–H and O–H groups in total. The average molecular weight is 403 g/mol. The number of thiazole rings is 1. The monoisotopic (exact) mass is 402 g/mol. The van der Waals surface area contributed by atoms with Crippen LogP contribution in [0.1, 0.15) is 42.1 Å². The zero-order chi connectivity index (χ0) is 19.4. The smallest absolute Gasteiger partial charge is 0.275 e. The van der Waals surface area contributed by atoms with Gasteiger partial charge in [-0.15, -0.1) is 11.3 Å². The van der Waals surface area contributed by atoms with E-state index in [1.807, 2.05) is 20.8 Å². The molecule has 1 amide bonds. The Morgan fingerprint density at radius 2 is 1.85 bits per heavy atom. The lowest BCUT2D eigenvalue weighted by molar-refractivity contribution is 0.102. The third-order valence-electron chi connectivity index (χ3n) is 3.54. The lowest BCUT2D eigenvalue weighted by Gasteiger charge is -2.16. The number of halogens is 1. The molecule has 0 saturated carbocycles. The van der Waals surface area contributed by atoms with Crippen LogP contribution in [0.4, 0.5) is 5.69 Å². The van der Waals surface area contributed by atoms with Gasteiger partial charge in [-0.25, -0.2) is 15.0 Å². The summed E-state index contributed by atoms with van der Waals surface area (Å²) in [6.45, 7) is 6.37. The van der Waals surface area contributed by atoms with Crippen LogP contribution in [0.3, 0.4) is 0 Å². The van der Waals surface area contributed by atoms with E-state index < -0.39 is 0 Å². The Bertz CT molecular complexity index is 918. The first-order valence-corrected chi connectivity index (χ1v) is 9.54. The van der Waals surface area contributed by atoms with Gasteiger partial charge in [0.15, 0.2) is 0 Å². The fourth-order valence-corrected chi connectivity index (χ4v) is 2.94. The van der Waals surface area contributed by atoms with Gasteiger partial charge >= 0.3 is 0 Å². The SMILES string of the molecule is CC(C)(C)c1ncc(NC(=O)c2csc(COc3ccc(Cl)cc3)n2)cn1. The molecule has 0 aliphatic rings. The Kier molecular flexibility index (Phi) is 5.72. The van der Waals surface area contributed by atoms with Gasteiger partial charge in [0, 0.05) is 15.8 Å². The van der Waals surface area contributed by atoms with Crippen molar-refractivity contribution in [1.82, 2.24) is 15.0 Å². The number of aromatic nitrogens is 3. The molecule has 1 aromatic carbocycles. The summed E-state index contributed by atoms with van der Waals surface area (Å²) < 4.78 is 5.64. The summed E-state index contributed by atoms with van der Waals surface area (Å²) in [6.07, 6.45) is 3.20. The van der Waals surface area contributed by atoms with E-state index in [-0.39, 0.29) is 17.9 Å². The zero-order valence-corrected chi connectivity index (χ0v) is 16.8. The van der Waals surface area contributed by atoms with E-state index in [4.69, 9.17) is 16.3 Å². The normalized spacial score (nSPS) is 11.3. The molecule has 0 aliphatic heterocycles. The summed E-state index contributed by atoms with van der Waals surface area (Å²) in [6, 6.07) is 7.07. The van der Waals surface area contributed by atoms with Gasteiger partial charge in [0.25, 0.3) is 5.91 Å². The minimum atomic E-state index is -0.309. The third kappa shape index (κ3) is 5.24. The number of hydrogen-bond donors (Lipinski definition) is 1. The summed E-state index contributed by atoms with van der Waals surface area (Å²) in [5.74, 6) is 1.10. The van der Waals surface area contributed by atoms with Crippen molar-refractivity contribution in [3.63, 3.8) is 0 Å². The predicted octanol–water partition coefficient (Wildman–Crippen LogP) is 4.72. The van der Waals surface area contributed by atoms with Gasteiger partial charge in [-0.3, -0.25) is 4.79 Å². The Balaban J connectivity index is 1.58. The lowest BCUT2D eigenvalue weighted by atomic mass is 9.96. The Labute approximate surface area is 166 Å². The van der Waals surface area contributed by atoms with Crippen LogP contribution in [0.25, 0.3) is 0 Å². The molecule has 2 aromatic heterocycles. The topological polar surface area (TPSA) is 77.0 Å². The van der Waals surface area contributed by atoms with E-state index in [2.05, 4.69) is 20.3 Å². The maximum Gasteiger partial charge on any atom is 0.275 e. The molecule has 0 radical (unpaired) electrons. The van der Waals surface area contributed by atoms with Crippen molar-refractivity contribution < 1.29 is 9.53 Å². The molecule has 3 rings (SSSR count). The van der Waals surface area contributed by atoms with Crippen LogP contribution >= 0.6 is 22.9 Å². The maximum atomic E-state index is 12.3. The molecular weight excluding hydrogens is 384 g/mol. The van der Waals surface area contributed by atoms with Crippen LogP contribution in [0.15, 0.2) is 42.0 Å². The van der Waals surface area contributed by atoms with E-state index in [0.717, 1.165) is 5.82 Å². The number of rotatable bonds is 5. The summed E-state index contributed by atoms with van der Waals surface area (Å²) in [5, 5.41) is 5.80. The number of carbonyl (C=O) groups is 1. The largest absolute Gasteiger partial charge is 0.486 e. The van der Waals surface area contributed by atoms with Gasteiger partial charge in [0.2, 0.25) is 0 Å². The average Bonchev–Trinajstić information content (AvgIpc) is 3.10. The second-order valence-electron chi connectivity index (χ2n) is 6.87. The van der Waals surface area contributed by atoms with Crippen molar-refractivity contribution in [2.75, 3.05) is 5.32 Å². The van der Waals surface area contributed by atoms with Gasteiger partial charge in [0.05, 0.1) is 18.1 Å². The van der Waals surface area contributed by atoms with E-state index in [0.29, 0.717) is 27.2 Å². The van der Waals surface area contributed by atoms with Crippen LogP contribution in [-0.2, 0) is 12.0 Å². The summed E-state index contributed by atoms with van der Waals surface area (Å²) in [4.78, 5) is 25.2. The van der Waals surface area contributed by atoms with Gasteiger partial charge in [-0.1, -0.05) is 32.4 Å². The van der Waals surface area contributed by atoms with Gasteiger partial charge in [-0.2, -0.15) is 0 Å². The number of carbonyl (C=O) groups excluding carboxylic acids is 1. The minimum absolute atomic E-state index is 0.142. The molecule has 3 aromatic rings. The van der Waals surface area contributed by atoms with E-state index >= 15 is 0 Å². The summed E-state index contributed by atoms with van der Waals surface area (Å²) >= 11 is 7.21. The molecule has 6 nitrogen and oxygen atoms in total. The molecule has 0 saturated heterocycles. The molecule has 2 heterocycles. The highest BCUT2D eigenvalue weighted by atomic mass is 35.5. The molecule has 27 heavy (non-hydrogen) atoms. The van der Waals surface area contributed by atoms with E-state index in [1.54, 1.807) is 42.0 Å². The number of hydrogen-bond acceptors (Lipinski definition) is 6. The molecule has 8 heteroatoms. The van der Waals surface area contributed by atoms with Crippen molar-refractivity contribution in [1.29, 1.82) is 0 Å². The van der Waals surface area contributed by atoms with Crippen LogP contribution < -0.4 is 10.1 Å². The molecule has 0 fully saturated rings. The predicted molar refractivity (Wildman–Crippen MR) is 107 cm³/mol. The minimum Gasteiger partial charge on any atom is -0.486 e. The molecule has 0 bridgehead atoms. The first kappa shape index (κ1) is 19.3. The van der Waals surface area contributed by atoms with Gasteiger partial charge in [-0.05, 0) is 24.3 Å². The number of anilines is 1. The van der Waals surface area contributed by atoms with Crippen LogP contribution in [0.5, 0.6) is 5.75 Å². The summed E-state index contributed by atoms with van der Waals surface area (Å²) in [7, 11) is 0. The Morgan fingerprint density at radius 3 is 2.48 bits per heavy atom. The van der Waals surface area contributed by atoms with Crippen molar-refractivity contribution in [3.8, 4) is 5.75 Å². The van der Waals surface area contributed by atoms with Gasteiger partial charge in [0.1, 0.15) is 28.9 Å². The fraction of sp³-hybridized carbons (Fsp3) is 0.263. The molecule has 0 spiro atoms. The highest BCUT2D eigenvalue weighted by Gasteiger charge is 2.17. The standard InChI is InChI=1S/C19H19ClN4O2S/c1-19(2,3)18-21-8-13(9-22-18)23-17(25)15-11-27-16(24-15)10-26-14-6-4-12(20)5-7-14/h4-9,11H,10H2,1-3H3,(H,23,25). The van der Waals surface area contributed by atoms with E-state index in [9.17, 15) is 4.79 Å². The highest BCUT2D eigenvalue weighted by molar-refractivity contribution is 7.09. The Morgan fingerprint density at radius 1 is 1.19 bits per heavy atom. The first-order chi connectivity index (χ1) is 12.8. The summed E-state index contributed by atoms with van der Waals surface area (Å²) in [5.41, 5.74) is 0.714. The number of ether oxygens (including phenoxy) is 1. The molecule has 0 atom stereocenters. The van der Waals surface area contributed by atoms with Crippen molar-refractivity contribution in [2.24, 2.45) is 0 Å². The second kappa shape index (κ2) is 8.02. The molecule has 140 valence electrons. The molecular formula is C19H19ClN4O2S. The zero-order valence-electron chi connectivity index (χ0n) is 15.2. The quantitative estimate of drug-likeness (QED) is 0.668. The number of benzene rings is 1. The Hall–Kier alpha value is -2.51. The van der Waals surface area contributed by atoms with Crippen molar-refractivity contribution in [3.05, 3.63) is 63.6 Å². The lowest BCUT2D eigenvalue weighted by Crippen LogP contribution is -2.17. The van der Waals surface area contributed by atoms with Crippen LogP contribution in [0, 0.1) is 0 Å². The number of amides is 1. The van der Waals surface area contributed by atoms with Gasteiger partial charge < -0.3 is 10.1 Å². The first-order valence-electron chi connectivity index (χ1n) is 8.28. The molecule has 0 unspecified atom stereocenters. The second-order valence-corrected chi connectivity index (χ2v) is 8.25. The van der Waals surface area contributed by atoms with Crippen LogP contribution in [-0.4, -0.2) is 20.9 Å². The number of nitrogens with one attached hydrogen (secondary N) is 1. The van der Waals surface area contributed by atoms with Crippen LogP contribution in [0.2, 0.25) is 5.02 Å². The van der Waals surface area contributed by atoms with Crippen molar-refractivity contribution in [2.45, 2.75) is 32.8 Å². The van der Waals surface area contributed by atoms with Crippen molar-refractivity contribution >= 4 is 34.5 Å². The maximum absolute atomic E-state index is 12.3. The third-order valence-corrected chi connectivity index (χ3v) is 4.62. The molecule has 0 aliphatic carbocycles. The highest BCUT2D eigenvalue weighted by Crippen LogP contribution is 2.20. The fourth-order valence-electron chi connectivity index (χ4n) is 2.13.